The molecule has 0 amide bonds. The van der Waals surface area contributed by atoms with Crippen molar-refractivity contribution in [1.29, 1.82) is 0 Å². The van der Waals surface area contributed by atoms with E-state index < -0.39 is 0 Å². The zero-order chi connectivity index (χ0) is 13.8. The van der Waals surface area contributed by atoms with Crippen molar-refractivity contribution in [2.45, 2.75) is 46.1 Å². The van der Waals surface area contributed by atoms with Gasteiger partial charge in [-0.05, 0) is 42.9 Å². The molecule has 0 spiro atoms. The summed E-state index contributed by atoms with van der Waals surface area (Å²) in [6.07, 6.45) is 3.64. The lowest BCUT2D eigenvalue weighted by Crippen LogP contribution is -2.07. The van der Waals surface area contributed by atoms with Crippen molar-refractivity contribution in [3.05, 3.63) is 22.3 Å². The van der Waals surface area contributed by atoms with Gasteiger partial charge in [0, 0.05) is 6.04 Å². The van der Waals surface area contributed by atoms with E-state index in [1.165, 1.54) is 17.7 Å². The Morgan fingerprint density at radius 3 is 2.79 bits per heavy atom. The highest BCUT2D eigenvalue weighted by atomic mass is 32.1. The Morgan fingerprint density at radius 2 is 2.16 bits per heavy atom. The molecule has 2 aromatic rings. The molecule has 104 valence electrons. The molecule has 0 aliphatic rings. The Balaban J connectivity index is 2.15. The highest BCUT2D eigenvalue weighted by Gasteiger charge is 2.15. The van der Waals surface area contributed by atoms with Crippen molar-refractivity contribution >= 4 is 23.6 Å². The van der Waals surface area contributed by atoms with Crippen LogP contribution in [0.5, 0.6) is 0 Å². The second kappa shape index (κ2) is 6.48. The number of aromatic amines is 1. The molecule has 1 unspecified atom stereocenters. The molecule has 2 heterocycles. The summed E-state index contributed by atoms with van der Waals surface area (Å²) < 4.78 is 2.88. The van der Waals surface area contributed by atoms with Crippen molar-refractivity contribution in [2.75, 3.05) is 0 Å². The van der Waals surface area contributed by atoms with E-state index in [1.54, 1.807) is 11.3 Å². The van der Waals surface area contributed by atoms with E-state index in [9.17, 15) is 0 Å². The van der Waals surface area contributed by atoms with Gasteiger partial charge in [-0.3, -0.25) is 9.67 Å². The summed E-state index contributed by atoms with van der Waals surface area (Å²) in [6.45, 7) is 6.76. The van der Waals surface area contributed by atoms with Crippen LogP contribution in [0.3, 0.4) is 0 Å². The zero-order valence-electron chi connectivity index (χ0n) is 11.7. The monoisotopic (exact) mass is 295 g/mol. The molecular formula is C14H21N3S2. The van der Waals surface area contributed by atoms with Crippen LogP contribution >= 0.6 is 23.6 Å². The van der Waals surface area contributed by atoms with E-state index in [0.29, 0.717) is 6.04 Å². The average molecular weight is 295 g/mol. The number of nitrogens with one attached hydrogen (secondary N) is 1. The molecule has 1 N–H and O–H groups in total. The van der Waals surface area contributed by atoms with E-state index in [1.807, 2.05) is 6.07 Å². The van der Waals surface area contributed by atoms with Gasteiger partial charge in [-0.25, -0.2) is 0 Å². The fourth-order valence-electron chi connectivity index (χ4n) is 2.24. The van der Waals surface area contributed by atoms with Gasteiger partial charge >= 0.3 is 0 Å². The second-order valence-electron chi connectivity index (χ2n) is 5.37. The first-order valence-corrected chi connectivity index (χ1v) is 8.09. The molecule has 1 atom stereocenters. The molecule has 0 aromatic carbocycles. The molecule has 3 nitrogen and oxygen atoms in total. The first kappa shape index (κ1) is 14.5. The minimum atomic E-state index is 0.391. The third kappa shape index (κ3) is 3.54. The maximum Gasteiger partial charge on any atom is 0.195 e. The van der Waals surface area contributed by atoms with E-state index in [2.05, 4.69) is 47.0 Å². The Bertz CT molecular complexity index is 552. The highest BCUT2D eigenvalue weighted by molar-refractivity contribution is 7.71. The predicted octanol–water partition coefficient (Wildman–Crippen LogP) is 5.06. The number of hydrogen-bond donors (Lipinski definition) is 1. The van der Waals surface area contributed by atoms with Gasteiger partial charge < -0.3 is 0 Å². The fraction of sp³-hybridized carbons (Fsp3) is 0.571. The summed E-state index contributed by atoms with van der Waals surface area (Å²) in [7, 11) is 0. The first-order chi connectivity index (χ1) is 9.09. The topological polar surface area (TPSA) is 33.6 Å². The predicted molar refractivity (Wildman–Crippen MR) is 84.1 cm³/mol. The van der Waals surface area contributed by atoms with E-state index in [-0.39, 0.29) is 0 Å². The lowest BCUT2D eigenvalue weighted by molar-refractivity contribution is 0.446. The SMILES string of the molecule is CC(C)CCCC(C)n1c(-c2cccs2)n[nH]c1=S. The van der Waals surface area contributed by atoms with Gasteiger partial charge in [0.05, 0.1) is 4.88 Å². The van der Waals surface area contributed by atoms with Gasteiger partial charge in [0.1, 0.15) is 0 Å². The molecule has 2 rings (SSSR count). The van der Waals surface area contributed by atoms with Crippen LogP contribution in [0.4, 0.5) is 0 Å². The van der Waals surface area contributed by atoms with Crippen LogP contribution in [0.15, 0.2) is 17.5 Å². The average Bonchev–Trinajstić information content (AvgIpc) is 2.96. The summed E-state index contributed by atoms with van der Waals surface area (Å²) in [4.78, 5) is 1.17. The van der Waals surface area contributed by atoms with Gasteiger partial charge in [0.2, 0.25) is 0 Å². The van der Waals surface area contributed by atoms with Crippen molar-refractivity contribution in [3.8, 4) is 10.7 Å². The smallest absolute Gasteiger partial charge is 0.195 e. The van der Waals surface area contributed by atoms with Crippen molar-refractivity contribution < 1.29 is 0 Å². The summed E-state index contributed by atoms with van der Waals surface area (Å²) >= 11 is 7.07. The number of thiophene rings is 1. The third-order valence-corrected chi connectivity index (χ3v) is 4.44. The van der Waals surface area contributed by atoms with Crippen LogP contribution in [0, 0.1) is 10.7 Å². The normalized spacial score (nSPS) is 13.1. The Hall–Kier alpha value is -0.940. The molecular weight excluding hydrogens is 274 g/mol. The molecule has 0 radical (unpaired) electrons. The molecule has 0 saturated heterocycles. The third-order valence-electron chi connectivity index (χ3n) is 3.29. The minimum absolute atomic E-state index is 0.391. The molecule has 0 fully saturated rings. The van der Waals surface area contributed by atoms with E-state index >= 15 is 0 Å². The maximum absolute atomic E-state index is 5.37. The minimum Gasteiger partial charge on any atom is -0.297 e. The van der Waals surface area contributed by atoms with Crippen molar-refractivity contribution in [2.24, 2.45) is 5.92 Å². The van der Waals surface area contributed by atoms with Crippen LogP contribution in [-0.4, -0.2) is 14.8 Å². The molecule has 0 saturated carbocycles. The maximum atomic E-state index is 5.37. The summed E-state index contributed by atoms with van der Waals surface area (Å²) in [5.41, 5.74) is 0. The van der Waals surface area contributed by atoms with Crippen LogP contribution in [0.2, 0.25) is 0 Å². The standard InChI is InChI=1S/C14H21N3S2/c1-10(2)6-4-7-11(3)17-13(15-16-14(17)18)12-8-5-9-19-12/h5,8-11H,4,6-7H2,1-3H3,(H,16,18). The molecule has 0 bridgehead atoms. The second-order valence-corrected chi connectivity index (χ2v) is 6.71. The van der Waals surface area contributed by atoms with E-state index in [4.69, 9.17) is 12.2 Å². The highest BCUT2D eigenvalue weighted by Crippen LogP contribution is 2.27. The number of rotatable bonds is 6. The van der Waals surface area contributed by atoms with Crippen molar-refractivity contribution in [3.63, 3.8) is 0 Å². The van der Waals surface area contributed by atoms with Gasteiger partial charge in [-0.1, -0.05) is 32.8 Å². The Labute approximate surface area is 123 Å². The van der Waals surface area contributed by atoms with Crippen LogP contribution < -0.4 is 0 Å². The Morgan fingerprint density at radius 1 is 1.37 bits per heavy atom. The van der Waals surface area contributed by atoms with Gasteiger partial charge in [0.15, 0.2) is 10.6 Å². The Kier molecular flexibility index (Phi) is 4.93. The lowest BCUT2D eigenvalue weighted by Gasteiger charge is -2.15. The number of aromatic nitrogens is 3. The van der Waals surface area contributed by atoms with Crippen LogP contribution in [0.25, 0.3) is 10.7 Å². The molecule has 5 heteroatoms. The summed E-state index contributed by atoms with van der Waals surface area (Å²) in [5, 5.41) is 9.38. The molecule has 0 aliphatic heterocycles. The lowest BCUT2D eigenvalue weighted by atomic mass is 10.0. The number of H-pyrrole nitrogens is 1. The summed E-state index contributed by atoms with van der Waals surface area (Å²) in [5.74, 6) is 1.73. The van der Waals surface area contributed by atoms with Gasteiger partial charge in [-0.15, -0.1) is 11.3 Å². The molecule has 19 heavy (non-hydrogen) atoms. The number of nitrogens with zero attached hydrogens (tertiary/aromatic N) is 2. The van der Waals surface area contributed by atoms with E-state index in [0.717, 1.165) is 22.9 Å². The first-order valence-electron chi connectivity index (χ1n) is 6.80. The number of hydrogen-bond acceptors (Lipinski definition) is 3. The van der Waals surface area contributed by atoms with Crippen LogP contribution in [0.1, 0.15) is 46.1 Å². The summed E-state index contributed by atoms with van der Waals surface area (Å²) in [6, 6.07) is 4.53. The molecule has 0 aliphatic carbocycles. The van der Waals surface area contributed by atoms with Crippen LogP contribution in [-0.2, 0) is 0 Å². The largest absolute Gasteiger partial charge is 0.297 e. The zero-order valence-corrected chi connectivity index (χ0v) is 13.4. The molecule has 2 aromatic heterocycles. The van der Waals surface area contributed by atoms with Crippen molar-refractivity contribution in [1.82, 2.24) is 14.8 Å². The quantitative estimate of drug-likeness (QED) is 0.756. The van der Waals surface area contributed by atoms with Gasteiger partial charge in [0.25, 0.3) is 0 Å². The van der Waals surface area contributed by atoms with Gasteiger partial charge in [-0.2, -0.15) is 5.10 Å². The fourth-order valence-corrected chi connectivity index (χ4v) is 3.27.